The number of anilines is 1. The van der Waals surface area contributed by atoms with E-state index in [2.05, 4.69) is 9.97 Å². The summed E-state index contributed by atoms with van der Waals surface area (Å²) >= 11 is 0. The fraction of sp³-hybridized carbons (Fsp3) is 0.556. The van der Waals surface area contributed by atoms with Crippen LogP contribution in [0.2, 0.25) is 0 Å². The molecule has 6 heteroatoms. The summed E-state index contributed by atoms with van der Waals surface area (Å²) in [4.78, 5) is 8.93. The first-order valence-electron chi connectivity index (χ1n) is 4.58. The molecule has 15 heavy (non-hydrogen) atoms. The Labute approximate surface area is 86.6 Å². The summed E-state index contributed by atoms with van der Waals surface area (Å²) in [6, 6.07) is 0. The number of hydrogen-bond acceptors (Lipinski definition) is 4. The maximum absolute atomic E-state index is 12.2. The lowest BCUT2D eigenvalue weighted by Gasteiger charge is -2.21. The molecule has 0 saturated heterocycles. The molecule has 0 atom stereocenters. The van der Waals surface area contributed by atoms with Crippen LogP contribution in [-0.4, -0.2) is 41.5 Å². The van der Waals surface area contributed by atoms with Gasteiger partial charge in [0.25, 0.3) is 0 Å². The molecule has 1 aromatic heterocycles. The van der Waals surface area contributed by atoms with E-state index >= 15 is 0 Å². The molecule has 0 unspecified atom stereocenters. The van der Waals surface area contributed by atoms with Gasteiger partial charge in [0, 0.05) is 13.1 Å². The van der Waals surface area contributed by atoms with Gasteiger partial charge < -0.3 is 10.0 Å². The first kappa shape index (κ1) is 11.6. The van der Waals surface area contributed by atoms with Gasteiger partial charge in [-0.2, -0.15) is 0 Å². The SMILES string of the molecule is Cc1ncnc(N(CCF)CCF)c1O. The second-order valence-corrected chi connectivity index (χ2v) is 3.00. The van der Waals surface area contributed by atoms with Crippen LogP contribution in [0.3, 0.4) is 0 Å². The maximum Gasteiger partial charge on any atom is 0.180 e. The molecule has 0 spiro atoms. The first-order valence-corrected chi connectivity index (χ1v) is 4.58. The number of aromatic hydroxyl groups is 1. The predicted molar refractivity (Wildman–Crippen MR) is 52.6 cm³/mol. The molecule has 1 rings (SSSR count). The van der Waals surface area contributed by atoms with Gasteiger partial charge in [-0.3, -0.25) is 0 Å². The highest BCUT2D eigenvalue weighted by molar-refractivity contribution is 5.52. The highest BCUT2D eigenvalue weighted by Crippen LogP contribution is 2.25. The third-order valence-corrected chi connectivity index (χ3v) is 1.99. The largest absolute Gasteiger partial charge is 0.503 e. The molecule has 0 radical (unpaired) electrons. The van der Waals surface area contributed by atoms with E-state index in [0.29, 0.717) is 5.69 Å². The van der Waals surface area contributed by atoms with Crippen molar-refractivity contribution in [3.63, 3.8) is 0 Å². The molecule has 1 heterocycles. The molecule has 84 valence electrons. The molecule has 1 aromatic rings. The third-order valence-electron chi connectivity index (χ3n) is 1.99. The Morgan fingerprint density at radius 2 is 1.87 bits per heavy atom. The van der Waals surface area contributed by atoms with Gasteiger partial charge in [0.05, 0.1) is 5.69 Å². The maximum atomic E-state index is 12.2. The Hall–Kier alpha value is -1.46. The normalized spacial score (nSPS) is 10.3. The molecule has 0 aliphatic rings. The summed E-state index contributed by atoms with van der Waals surface area (Å²) in [6.07, 6.45) is 1.26. The number of aryl methyl sites for hydroxylation is 1. The number of aromatic nitrogens is 2. The third kappa shape index (κ3) is 2.74. The summed E-state index contributed by atoms with van der Waals surface area (Å²) < 4.78 is 24.4. The minimum Gasteiger partial charge on any atom is -0.503 e. The van der Waals surface area contributed by atoms with Crippen LogP contribution in [0.5, 0.6) is 5.75 Å². The van der Waals surface area contributed by atoms with Gasteiger partial charge in [0.15, 0.2) is 11.6 Å². The number of nitrogens with zero attached hydrogens (tertiary/aromatic N) is 3. The van der Waals surface area contributed by atoms with Crippen molar-refractivity contribution in [3.8, 4) is 5.75 Å². The van der Waals surface area contributed by atoms with Gasteiger partial charge in [0.1, 0.15) is 19.7 Å². The van der Waals surface area contributed by atoms with Crippen LogP contribution >= 0.6 is 0 Å². The molecular weight excluding hydrogens is 204 g/mol. The fourth-order valence-electron chi connectivity index (χ4n) is 1.21. The average molecular weight is 217 g/mol. The van der Waals surface area contributed by atoms with Crippen LogP contribution in [0.25, 0.3) is 0 Å². The van der Waals surface area contributed by atoms with Gasteiger partial charge in [-0.1, -0.05) is 0 Å². The summed E-state index contributed by atoms with van der Waals surface area (Å²) in [5.74, 6) is 0.0530. The molecule has 0 saturated carbocycles. The van der Waals surface area contributed by atoms with E-state index in [-0.39, 0.29) is 24.7 Å². The Morgan fingerprint density at radius 1 is 1.27 bits per heavy atom. The molecule has 0 aliphatic carbocycles. The minimum atomic E-state index is -0.623. The smallest absolute Gasteiger partial charge is 0.180 e. The van der Waals surface area contributed by atoms with E-state index in [0.717, 1.165) is 0 Å². The number of halogens is 2. The zero-order chi connectivity index (χ0) is 11.3. The van der Waals surface area contributed by atoms with Crippen LogP contribution < -0.4 is 4.90 Å². The highest BCUT2D eigenvalue weighted by atomic mass is 19.1. The number of rotatable bonds is 5. The second kappa shape index (κ2) is 5.43. The van der Waals surface area contributed by atoms with Crippen molar-refractivity contribution in [3.05, 3.63) is 12.0 Å². The molecular formula is C9H13F2N3O. The predicted octanol–water partition coefficient (Wildman–Crippen LogP) is 1.24. The zero-order valence-electron chi connectivity index (χ0n) is 8.45. The summed E-state index contributed by atoms with van der Waals surface area (Å²) in [7, 11) is 0. The van der Waals surface area contributed by atoms with Crippen molar-refractivity contribution in [2.45, 2.75) is 6.92 Å². The van der Waals surface area contributed by atoms with Crippen LogP contribution in [0.15, 0.2) is 6.33 Å². The van der Waals surface area contributed by atoms with Crippen molar-refractivity contribution in [2.24, 2.45) is 0 Å². The van der Waals surface area contributed by atoms with E-state index in [1.807, 2.05) is 0 Å². The van der Waals surface area contributed by atoms with E-state index in [9.17, 15) is 13.9 Å². The second-order valence-electron chi connectivity index (χ2n) is 3.00. The molecule has 1 N–H and O–H groups in total. The van der Waals surface area contributed by atoms with Crippen LogP contribution in [0, 0.1) is 6.92 Å². The van der Waals surface area contributed by atoms with E-state index in [1.54, 1.807) is 6.92 Å². The van der Waals surface area contributed by atoms with Crippen LogP contribution in [-0.2, 0) is 0 Å². The van der Waals surface area contributed by atoms with Crippen molar-refractivity contribution < 1.29 is 13.9 Å². The quantitative estimate of drug-likeness (QED) is 0.806. The van der Waals surface area contributed by atoms with Crippen molar-refractivity contribution in [1.29, 1.82) is 0 Å². The van der Waals surface area contributed by atoms with Crippen LogP contribution in [0.1, 0.15) is 5.69 Å². The lowest BCUT2D eigenvalue weighted by Crippen LogP contribution is -2.29. The number of alkyl halides is 2. The van der Waals surface area contributed by atoms with Crippen molar-refractivity contribution >= 4 is 5.82 Å². The van der Waals surface area contributed by atoms with E-state index in [1.165, 1.54) is 11.2 Å². The van der Waals surface area contributed by atoms with Crippen molar-refractivity contribution in [1.82, 2.24) is 9.97 Å². The lowest BCUT2D eigenvalue weighted by molar-refractivity contribution is 0.439. The van der Waals surface area contributed by atoms with Gasteiger partial charge in [-0.25, -0.2) is 18.7 Å². The van der Waals surface area contributed by atoms with Crippen molar-refractivity contribution in [2.75, 3.05) is 31.3 Å². The minimum absolute atomic E-state index is 0.00787. The Morgan fingerprint density at radius 3 is 2.40 bits per heavy atom. The Kier molecular flexibility index (Phi) is 4.20. The van der Waals surface area contributed by atoms with Gasteiger partial charge in [-0.15, -0.1) is 0 Å². The highest BCUT2D eigenvalue weighted by Gasteiger charge is 2.14. The Balaban J connectivity index is 2.94. The topological polar surface area (TPSA) is 49.2 Å². The standard InChI is InChI=1S/C9H13F2N3O/c1-7-8(15)9(13-6-12-7)14(4-2-10)5-3-11/h6,15H,2-5H2,1H3. The average Bonchev–Trinajstić information content (AvgIpc) is 2.22. The molecule has 0 fully saturated rings. The van der Waals surface area contributed by atoms with Gasteiger partial charge >= 0.3 is 0 Å². The van der Waals surface area contributed by atoms with Gasteiger partial charge in [-0.05, 0) is 6.92 Å². The monoisotopic (exact) mass is 217 g/mol. The molecule has 0 bridgehead atoms. The molecule has 0 aliphatic heterocycles. The molecule has 0 amide bonds. The zero-order valence-corrected chi connectivity index (χ0v) is 8.45. The van der Waals surface area contributed by atoms with E-state index in [4.69, 9.17) is 0 Å². The fourth-order valence-corrected chi connectivity index (χ4v) is 1.21. The summed E-state index contributed by atoms with van der Waals surface area (Å²) in [6.45, 7) is 0.371. The molecule has 0 aromatic carbocycles. The van der Waals surface area contributed by atoms with Crippen LogP contribution in [0.4, 0.5) is 14.6 Å². The molecule has 4 nitrogen and oxygen atoms in total. The van der Waals surface area contributed by atoms with Gasteiger partial charge in [0.2, 0.25) is 0 Å². The summed E-state index contributed by atoms with van der Waals surface area (Å²) in [5, 5.41) is 9.61. The lowest BCUT2D eigenvalue weighted by atomic mass is 10.3. The Bertz CT molecular complexity index is 316. The summed E-state index contributed by atoms with van der Waals surface area (Å²) in [5.41, 5.74) is 0.391. The van der Waals surface area contributed by atoms with E-state index < -0.39 is 13.3 Å². The first-order chi connectivity index (χ1) is 7.20. The number of hydrogen-bond donors (Lipinski definition) is 1.